The summed E-state index contributed by atoms with van der Waals surface area (Å²) in [5.41, 5.74) is 3.69. The van der Waals surface area contributed by atoms with Crippen LogP contribution in [0.3, 0.4) is 0 Å². The lowest BCUT2D eigenvalue weighted by Gasteiger charge is -2.17. The van der Waals surface area contributed by atoms with Crippen LogP contribution in [0.1, 0.15) is 42.1 Å². The Balaban J connectivity index is 1.85. The maximum Gasteiger partial charge on any atom is 0.340 e. The molecular weight excluding hydrogens is 400 g/mol. The average Bonchev–Trinajstić information content (AvgIpc) is 3.17. The predicted octanol–water partition coefficient (Wildman–Crippen LogP) is 6.52. The highest BCUT2D eigenvalue weighted by molar-refractivity contribution is 7.80. The van der Waals surface area contributed by atoms with E-state index < -0.39 is 5.97 Å². The summed E-state index contributed by atoms with van der Waals surface area (Å²) in [5, 5.41) is 7.57. The molecule has 1 atom stereocenters. The van der Waals surface area contributed by atoms with E-state index in [-0.39, 0.29) is 0 Å². The van der Waals surface area contributed by atoms with Crippen molar-refractivity contribution in [2.75, 3.05) is 17.7 Å². The second kappa shape index (κ2) is 9.67. The fourth-order valence-electron chi connectivity index (χ4n) is 3.01. The lowest BCUT2D eigenvalue weighted by atomic mass is 9.97. The smallest absolute Gasteiger partial charge is 0.340 e. The van der Waals surface area contributed by atoms with Crippen LogP contribution in [0.4, 0.5) is 10.7 Å². The third-order valence-electron chi connectivity index (χ3n) is 4.78. The van der Waals surface area contributed by atoms with Gasteiger partial charge in [0.25, 0.3) is 0 Å². The van der Waals surface area contributed by atoms with E-state index in [1.165, 1.54) is 24.0 Å². The van der Waals surface area contributed by atoms with E-state index in [9.17, 15) is 4.79 Å². The number of ether oxygens (including phenoxy) is 1. The number of thiophene rings is 1. The van der Waals surface area contributed by atoms with E-state index in [4.69, 9.17) is 17.0 Å². The van der Waals surface area contributed by atoms with E-state index in [0.29, 0.717) is 21.6 Å². The lowest BCUT2D eigenvalue weighted by molar-refractivity contribution is 0.0602. The summed E-state index contributed by atoms with van der Waals surface area (Å²) in [5.74, 6) is 0.0206. The zero-order valence-corrected chi connectivity index (χ0v) is 18.3. The molecule has 150 valence electrons. The van der Waals surface area contributed by atoms with Crippen molar-refractivity contribution >= 4 is 45.3 Å². The molecule has 0 aliphatic rings. The van der Waals surface area contributed by atoms with Crippen molar-refractivity contribution in [1.29, 1.82) is 0 Å². The van der Waals surface area contributed by atoms with Gasteiger partial charge in [-0.15, -0.1) is 11.3 Å². The Labute approximate surface area is 180 Å². The lowest BCUT2D eigenvalue weighted by Crippen LogP contribution is -2.21. The highest BCUT2D eigenvalue weighted by Gasteiger charge is 2.19. The standard InChI is InChI=1S/C23H24N2O2S2/c1-4-15(2)17-12-8-9-13-19(17)24-23(28)25-21-18(22(26)27-3)14-20(29-21)16-10-6-5-7-11-16/h5-15H,4H2,1-3H3,(H2,24,25,28). The fourth-order valence-corrected chi connectivity index (χ4v) is 4.34. The van der Waals surface area contributed by atoms with Crippen LogP contribution in [0, 0.1) is 0 Å². The van der Waals surface area contributed by atoms with Crippen molar-refractivity contribution in [3.05, 3.63) is 71.8 Å². The van der Waals surface area contributed by atoms with Gasteiger partial charge in [-0.3, -0.25) is 0 Å². The largest absolute Gasteiger partial charge is 0.465 e. The van der Waals surface area contributed by atoms with Gasteiger partial charge in [0.15, 0.2) is 5.11 Å². The van der Waals surface area contributed by atoms with Gasteiger partial charge in [-0.2, -0.15) is 0 Å². The molecule has 2 N–H and O–H groups in total. The van der Waals surface area contributed by atoms with Gasteiger partial charge < -0.3 is 15.4 Å². The molecule has 0 saturated carbocycles. The van der Waals surface area contributed by atoms with Crippen molar-refractivity contribution in [1.82, 2.24) is 0 Å². The van der Waals surface area contributed by atoms with E-state index in [1.807, 2.05) is 54.6 Å². The first-order valence-electron chi connectivity index (χ1n) is 9.48. The molecule has 0 spiro atoms. The molecule has 0 aliphatic heterocycles. The van der Waals surface area contributed by atoms with E-state index in [1.54, 1.807) is 0 Å². The Morgan fingerprint density at radius 3 is 2.48 bits per heavy atom. The van der Waals surface area contributed by atoms with Gasteiger partial charge in [-0.05, 0) is 47.8 Å². The van der Waals surface area contributed by atoms with Crippen molar-refractivity contribution in [3.63, 3.8) is 0 Å². The van der Waals surface area contributed by atoms with Crippen LogP contribution >= 0.6 is 23.6 Å². The molecule has 3 rings (SSSR count). The van der Waals surface area contributed by atoms with Gasteiger partial charge in [-0.1, -0.05) is 62.4 Å². The molecule has 1 aromatic heterocycles. The molecule has 4 nitrogen and oxygen atoms in total. The van der Waals surface area contributed by atoms with Gasteiger partial charge in [0.05, 0.1) is 12.7 Å². The number of anilines is 2. The summed E-state index contributed by atoms with van der Waals surface area (Å²) >= 11 is 7.01. The normalized spacial score (nSPS) is 11.6. The molecule has 2 aromatic carbocycles. The van der Waals surface area contributed by atoms with E-state index >= 15 is 0 Å². The predicted molar refractivity (Wildman–Crippen MR) is 126 cm³/mol. The van der Waals surface area contributed by atoms with Gasteiger partial charge in [-0.25, -0.2) is 4.79 Å². The highest BCUT2D eigenvalue weighted by atomic mass is 32.1. The van der Waals surface area contributed by atoms with Crippen LogP contribution in [-0.2, 0) is 4.74 Å². The first-order valence-corrected chi connectivity index (χ1v) is 10.7. The molecule has 0 saturated heterocycles. The third-order valence-corrected chi connectivity index (χ3v) is 6.08. The van der Waals surface area contributed by atoms with Gasteiger partial charge >= 0.3 is 5.97 Å². The van der Waals surface area contributed by atoms with E-state index in [2.05, 4.69) is 30.5 Å². The molecule has 0 bridgehead atoms. The maximum atomic E-state index is 12.3. The van der Waals surface area contributed by atoms with Crippen LogP contribution in [-0.4, -0.2) is 18.2 Å². The molecule has 1 heterocycles. The second-order valence-corrected chi connectivity index (χ2v) is 8.15. The van der Waals surface area contributed by atoms with Crippen molar-refractivity contribution in [2.45, 2.75) is 26.2 Å². The summed E-state index contributed by atoms with van der Waals surface area (Å²) < 4.78 is 4.96. The number of nitrogens with one attached hydrogen (secondary N) is 2. The van der Waals surface area contributed by atoms with Crippen molar-refractivity contribution in [3.8, 4) is 10.4 Å². The Bertz CT molecular complexity index is 999. The number of para-hydroxylation sites is 1. The number of thiocarbonyl (C=S) groups is 1. The SMILES string of the molecule is CCC(C)c1ccccc1NC(=S)Nc1sc(-c2ccccc2)cc1C(=O)OC. The first kappa shape index (κ1) is 21.0. The summed E-state index contributed by atoms with van der Waals surface area (Å²) in [4.78, 5) is 13.3. The summed E-state index contributed by atoms with van der Waals surface area (Å²) in [6.07, 6.45) is 1.04. The zero-order chi connectivity index (χ0) is 20.8. The zero-order valence-electron chi connectivity index (χ0n) is 16.7. The molecule has 0 fully saturated rings. The van der Waals surface area contributed by atoms with Crippen molar-refractivity contribution in [2.24, 2.45) is 0 Å². The molecule has 0 aliphatic carbocycles. The van der Waals surface area contributed by atoms with Crippen LogP contribution in [0.25, 0.3) is 10.4 Å². The molecule has 0 radical (unpaired) electrons. The molecule has 0 amide bonds. The number of hydrogen-bond acceptors (Lipinski definition) is 4. The monoisotopic (exact) mass is 424 g/mol. The highest BCUT2D eigenvalue weighted by Crippen LogP contribution is 2.36. The number of esters is 1. The van der Waals surface area contributed by atoms with E-state index in [0.717, 1.165) is 22.5 Å². The second-order valence-electron chi connectivity index (χ2n) is 6.69. The van der Waals surface area contributed by atoms with Gasteiger partial charge in [0.2, 0.25) is 0 Å². The number of benzene rings is 2. The fraction of sp³-hybridized carbons (Fsp3) is 0.217. The molecular formula is C23H24N2O2S2. The minimum atomic E-state index is -0.395. The van der Waals surface area contributed by atoms with Crippen LogP contribution in [0.15, 0.2) is 60.7 Å². The Hall–Kier alpha value is -2.70. The Kier molecular flexibility index (Phi) is 7.01. The van der Waals surface area contributed by atoms with Crippen LogP contribution in [0.5, 0.6) is 0 Å². The Morgan fingerprint density at radius 2 is 1.79 bits per heavy atom. The number of carbonyl (C=O) groups is 1. The minimum Gasteiger partial charge on any atom is -0.465 e. The van der Waals surface area contributed by atoms with Gasteiger partial charge in [0.1, 0.15) is 5.00 Å². The maximum absolute atomic E-state index is 12.3. The number of carbonyl (C=O) groups excluding carboxylic acids is 1. The number of hydrogen-bond donors (Lipinski definition) is 2. The molecule has 6 heteroatoms. The Morgan fingerprint density at radius 1 is 1.10 bits per heavy atom. The van der Waals surface area contributed by atoms with Crippen molar-refractivity contribution < 1.29 is 9.53 Å². The molecule has 1 unspecified atom stereocenters. The summed E-state index contributed by atoms with van der Waals surface area (Å²) in [6, 6.07) is 19.9. The molecule has 3 aromatic rings. The van der Waals surface area contributed by atoms with Crippen LogP contribution < -0.4 is 10.6 Å². The molecule has 29 heavy (non-hydrogen) atoms. The average molecular weight is 425 g/mol. The third kappa shape index (κ3) is 5.02. The summed E-state index contributed by atoms with van der Waals surface area (Å²) in [7, 11) is 1.38. The number of rotatable bonds is 6. The topological polar surface area (TPSA) is 50.4 Å². The van der Waals surface area contributed by atoms with Crippen LogP contribution in [0.2, 0.25) is 0 Å². The quantitative estimate of drug-likeness (QED) is 0.348. The number of methoxy groups -OCH3 is 1. The first-order chi connectivity index (χ1) is 14.0. The minimum absolute atomic E-state index is 0.395. The summed E-state index contributed by atoms with van der Waals surface area (Å²) in [6.45, 7) is 4.36. The van der Waals surface area contributed by atoms with Gasteiger partial charge in [0, 0.05) is 10.6 Å².